The molecule has 2 atom stereocenters. The van der Waals surface area contributed by atoms with Crippen LogP contribution in [-0.4, -0.2) is 68.2 Å². The molecular weight excluding hydrogens is 416 g/mol. The van der Waals surface area contributed by atoms with E-state index in [1.54, 1.807) is 12.4 Å². The number of aryl methyl sites for hydroxylation is 1. The number of hydrogen-bond donors (Lipinski definition) is 2. The molecule has 2 N–H and O–H groups in total. The maximum Gasteiger partial charge on any atom is 0.227 e. The lowest BCUT2D eigenvalue weighted by atomic mass is 9.88. The van der Waals surface area contributed by atoms with Crippen molar-refractivity contribution in [1.29, 1.82) is 0 Å². The quantitative estimate of drug-likeness (QED) is 0.642. The van der Waals surface area contributed by atoms with Crippen LogP contribution >= 0.6 is 11.6 Å². The van der Waals surface area contributed by atoms with Crippen LogP contribution in [0.1, 0.15) is 30.0 Å². The highest BCUT2D eigenvalue weighted by Gasteiger charge is 2.34. The number of nitrogens with zero attached hydrogens (tertiary/aromatic N) is 5. The molecule has 0 bridgehead atoms. The normalized spacial score (nSPS) is 23.0. The Morgan fingerprint density at radius 2 is 2.00 bits per heavy atom. The molecule has 2 saturated heterocycles. The van der Waals surface area contributed by atoms with E-state index in [0.29, 0.717) is 25.1 Å². The number of likely N-dealkylation sites (tertiary alicyclic amines) is 1. The lowest BCUT2D eigenvalue weighted by Gasteiger charge is -2.36. The van der Waals surface area contributed by atoms with Crippen LogP contribution in [0.15, 0.2) is 24.5 Å². The number of aromatic nitrogens is 4. The molecule has 2 aromatic heterocycles. The van der Waals surface area contributed by atoms with Gasteiger partial charge in [0.1, 0.15) is 0 Å². The molecule has 2 fully saturated rings. The van der Waals surface area contributed by atoms with Gasteiger partial charge in [0.25, 0.3) is 0 Å². The van der Waals surface area contributed by atoms with Crippen LogP contribution < -0.4 is 5.32 Å². The summed E-state index contributed by atoms with van der Waals surface area (Å²) >= 11 is 6.66. The first-order chi connectivity index (χ1) is 15.0. The zero-order valence-electron chi connectivity index (χ0n) is 17.8. The third-order valence-electron chi connectivity index (χ3n) is 6.64. The molecule has 0 radical (unpaired) electrons. The number of hydrogen-bond acceptors (Lipinski definition) is 7. The van der Waals surface area contributed by atoms with Crippen LogP contribution in [0.5, 0.6) is 0 Å². The van der Waals surface area contributed by atoms with Crippen molar-refractivity contribution in [3.63, 3.8) is 0 Å². The van der Waals surface area contributed by atoms with Gasteiger partial charge in [0.2, 0.25) is 5.95 Å². The fraction of sp³-hybridized carbons (Fsp3) is 0.500. The number of piperidine rings is 1. The summed E-state index contributed by atoms with van der Waals surface area (Å²) in [5.41, 5.74) is 3.92. The van der Waals surface area contributed by atoms with Crippen molar-refractivity contribution < 1.29 is 9.84 Å². The number of aliphatic hydroxyl groups is 1. The molecule has 0 amide bonds. The first-order valence-electron chi connectivity index (χ1n) is 10.7. The molecule has 2 aliphatic rings. The monoisotopic (exact) mass is 442 g/mol. The summed E-state index contributed by atoms with van der Waals surface area (Å²) in [4.78, 5) is 11.5. The Morgan fingerprint density at radius 3 is 2.68 bits per heavy atom. The zero-order chi connectivity index (χ0) is 21.5. The van der Waals surface area contributed by atoms with Gasteiger partial charge in [-0.15, -0.1) is 0 Å². The summed E-state index contributed by atoms with van der Waals surface area (Å²) in [6.45, 7) is 4.92. The van der Waals surface area contributed by atoms with Crippen LogP contribution in [-0.2, 0) is 11.8 Å². The van der Waals surface area contributed by atoms with E-state index in [0.717, 1.165) is 58.8 Å². The molecule has 1 unspecified atom stereocenters. The van der Waals surface area contributed by atoms with Crippen LogP contribution in [0.2, 0.25) is 5.02 Å². The average molecular weight is 443 g/mol. The molecule has 0 aliphatic carbocycles. The smallest absolute Gasteiger partial charge is 0.227 e. The van der Waals surface area contributed by atoms with Crippen molar-refractivity contribution in [2.75, 3.05) is 31.6 Å². The van der Waals surface area contributed by atoms with Crippen molar-refractivity contribution >= 4 is 34.1 Å². The van der Waals surface area contributed by atoms with Gasteiger partial charge in [-0.3, -0.25) is 9.58 Å². The minimum absolute atomic E-state index is 0.116. The Morgan fingerprint density at radius 1 is 1.19 bits per heavy atom. The van der Waals surface area contributed by atoms with Crippen LogP contribution in [0.4, 0.5) is 11.6 Å². The van der Waals surface area contributed by atoms with Gasteiger partial charge in [0.05, 0.1) is 48.5 Å². The Labute approximate surface area is 186 Å². The van der Waals surface area contributed by atoms with Crippen LogP contribution in [0.25, 0.3) is 10.9 Å². The first-order valence-corrected chi connectivity index (χ1v) is 11.1. The van der Waals surface area contributed by atoms with E-state index in [-0.39, 0.29) is 12.1 Å². The Balaban J connectivity index is 1.35. The summed E-state index contributed by atoms with van der Waals surface area (Å²) in [6.07, 6.45) is 5.19. The number of fused-ring (bicyclic) bond motifs is 1. The minimum Gasteiger partial charge on any atom is -0.389 e. The van der Waals surface area contributed by atoms with E-state index < -0.39 is 0 Å². The predicted octanol–water partition coefficient (Wildman–Crippen LogP) is 3.01. The number of anilines is 2. The summed E-state index contributed by atoms with van der Waals surface area (Å²) in [6, 6.07) is 4.19. The van der Waals surface area contributed by atoms with E-state index >= 15 is 0 Å². The van der Waals surface area contributed by atoms with Gasteiger partial charge in [-0.05, 0) is 56.5 Å². The number of halogens is 1. The second-order valence-corrected chi connectivity index (χ2v) is 8.91. The summed E-state index contributed by atoms with van der Waals surface area (Å²) in [5, 5.41) is 19.3. The van der Waals surface area contributed by atoms with Crippen molar-refractivity contribution in [2.24, 2.45) is 7.05 Å². The highest BCUT2D eigenvalue weighted by atomic mass is 35.5. The third kappa shape index (κ3) is 4.01. The average Bonchev–Trinajstić information content (AvgIpc) is 3.34. The lowest BCUT2D eigenvalue weighted by molar-refractivity contribution is 0.0663. The largest absolute Gasteiger partial charge is 0.389 e. The summed E-state index contributed by atoms with van der Waals surface area (Å²) in [5.74, 6) is 0.918. The van der Waals surface area contributed by atoms with Crippen LogP contribution in [0.3, 0.4) is 0 Å². The second-order valence-electron chi connectivity index (χ2n) is 8.50. The highest BCUT2D eigenvalue weighted by Crippen LogP contribution is 2.36. The van der Waals surface area contributed by atoms with E-state index in [1.807, 2.05) is 24.7 Å². The number of benzene rings is 1. The Kier molecular flexibility index (Phi) is 5.56. The van der Waals surface area contributed by atoms with Gasteiger partial charge in [0, 0.05) is 23.7 Å². The van der Waals surface area contributed by atoms with Gasteiger partial charge in [-0.25, -0.2) is 9.97 Å². The Hall–Kier alpha value is -2.26. The van der Waals surface area contributed by atoms with Gasteiger partial charge in [-0.2, -0.15) is 5.10 Å². The maximum atomic E-state index is 10.1. The molecule has 164 valence electrons. The van der Waals surface area contributed by atoms with Crippen molar-refractivity contribution in [3.8, 4) is 0 Å². The fourth-order valence-corrected chi connectivity index (χ4v) is 4.93. The zero-order valence-corrected chi connectivity index (χ0v) is 18.5. The molecule has 5 rings (SSSR count). The molecule has 31 heavy (non-hydrogen) atoms. The molecule has 4 heterocycles. The fourth-order valence-electron chi connectivity index (χ4n) is 4.60. The Bertz CT molecular complexity index is 1100. The van der Waals surface area contributed by atoms with Gasteiger partial charge in [0.15, 0.2) is 0 Å². The van der Waals surface area contributed by atoms with E-state index in [9.17, 15) is 5.11 Å². The number of ether oxygens (including phenoxy) is 1. The van der Waals surface area contributed by atoms with Gasteiger partial charge < -0.3 is 15.2 Å². The van der Waals surface area contributed by atoms with E-state index in [1.165, 1.54) is 0 Å². The number of nitrogens with one attached hydrogen (secondary N) is 1. The first kappa shape index (κ1) is 20.6. The summed E-state index contributed by atoms with van der Waals surface area (Å²) in [7, 11) is 1.90. The molecule has 0 spiro atoms. The number of rotatable bonds is 4. The number of aliphatic hydroxyl groups excluding tert-OH is 1. The van der Waals surface area contributed by atoms with Gasteiger partial charge in [-0.1, -0.05) is 11.6 Å². The maximum absolute atomic E-state index is 10.1. The molecule has 9 heteroatoms. The third-order valence-corrected chi connectivity index (χ3v) is 6.97. The lowest BCUT2D eigenvalue weighted by Crippen LogP contribution is -2.46. The SMILES string of the molecule is Cc1c(Nc2ncc3cc(Cl)c(C4CCN(C5COC[C@H]5O)CC4)cc3n2)cnn1C. The molecule has 3 aromatic rings. The van der Waals surface area contributed by atoms with Crippen molar-refractivity contribution in [1.82, 2.24) is 24.6 Å². The van der Waals surface area contributed by atoms with Crippen molar-refractivity contribution in [3.05, 3.63) is 40.8 Å². The highest BCUT2D eigenvalue weighted by molar-refractivity contribution is 6.32. The molecular formula is C22H27ClN6O2. The molecule has 0 saturated carbocycles. The van der Waals surface area contributed by atoms with Crippen molar-refractivity contribution in [2.45, 2.75) is 37.8 Å². The standard InChI is InChI=1S/C22H27ClN6O2/c1-13-19(10-25-28(13)2)27-22-24-9-15-7-17(23)16(8-18(15)26-22)14-3-5-29(6-4-14)20-11-31-12-21(20)30/h7-10,14,20-21,30H,3-6,11-12H2,1-2H3,(H,24,26,27)/t20?,21-/m1/s1. The topological polar surface area (TPSA) is 88.3 Å². The molecule has 1 aromatic carbocycles. The van der Waals surface area contributed by atoms with E-state index in [2.05, 4.69) is 26.4 Å². The van der Waals surface area contributed by atoms with Gasteiger partial charge >= 0.3 is 0 Å². The summed E-state index contributed by atoms with van der Waals surface area (Å²) < 4.78 is 7.24. The molecule has 8 nitrogen and oxygen atoms in total. The predicted molar refractivity (Wildman–Crippen MR) is 120 cm³/mol. The van der Waals surface area contributed by atoms with E-state index in [4.69, 9.17) is 21.3 Å². The second kappa shape index (κ2) is 8.35. The minimum atomic E-state index is -0.383. The van der Waals surface area contributed by atoms with Crippen LogP contribution in [0, 0.1) is 6.92 Å². The molecule has 2 aliphatic heterocycles.